The van der Waals surface area contributed by atoms with Crippen molar-refractivity contribution in [2.75, 3.05) is 36.1 Å². The fraction of sp³-hybridized carbons (Fsp3) is 0.192. The van der Waals surface area contributed by atoms with Gasteiger partial charge in [-0.2, -0.15) is 0 Å². The Morgan fingerprint density at radius 2 is 0.961 bits per heavy atom. The molecule has 10 N–H and O–H groups in total. The van der Waals surface area contributed by atoms with Crippen molar-refractivity contribution in [3.63, 3.8) is 0 Å². The maximum atomic E-state index is 12.3. The number of thiophene rings is 2. The number of carboxylic acid groups (broad SMARTS) is 2. The Kier molecular flexibility index (Phi) is 21.0. The van der Waals surface area contributed by atoms with E-state index in [1.165, 1.54) is 0 Å². The third-order valence-electron chi connectivity index (χ3n) is 10.5. The molecule has 0 aliphatic heterocycles. The first-order chi connectivity index (χ1) is 36.4. The first kappa shape index (κ1) is 57.2. The molecule has 0 saturated heterocycles. The highest BCUT2D eigenvalue weighted by Crippen LogP contribution is 2.33. The van der Waals surface area contributed by atoms with Gasteiger partial charge in [-0.05, 0) is 108 Å². The van der Waals surface area contributed by atoms with E-state index >= 15 is 0 Å². The molecule has 0 saturated carbocycles. The second-order valence-electron chi connectivity index (χ2n) is 16.5. The number of ketones is 2. The number of aromatic nitrogens is 4. The van der Waals surface area contributed by atoms with Gasteiger partial charge in [-0.1, -0.05) is 35.3 Å². The number of carboxylic acids is 2. The molecule has 24 heteroatoms. The summed E-state index contributed by atoms with van der Waals surface area (Å²) in [6.45, 7) is 1.47. The summed E-state index contributed by atoms with van der Waals surface area (Å²) in [5.74, 6) is -1.84. The predicted molar refractivity (Wildman–Crippen MR) is 281 cm³/mol. The molecular formula is C52H52Cl2N8O12S2. The maximum Gasteiger partial charge on any atom is 0.244 e. The van der Waals surface area contributed by atoms with E-state index in [-0.39, 0.29) is 50.1 Å². The summed E-state index contributed by atoms with van der Waals surface area (Å²) < 4.78 is 31.1. The van der Waals surface area contributed by atoms with Crippen LogP contribution in [0.2, 0.25) is 10.0 Å². The van der Waals surface area contributed by atoms with Gasteiger partial charge in [0.15, 0.2) is 38.5 Å². The second kappa shape index (κ2) is 28.0. The Hall–Kier alpha value is -8.12. The van der Waals surface area contributed by atoms with Gasteiger partial charge in [0.05, 0.1) is 23.3 Å². The van der Waals surface area contributed by atoms with Crippen LogP contribution in [-0.4, -0.2) is 68.3 Å². The Morgan fingerprint density at radius 1 is 0.579 bits per heavy atom. The molecule has 0 aliphatic rings. The first-order valence-electron chi connectivity index (χ1n) is 22.8. The van der Waals surface area contributed by atoms with E-state index in [0.29, 0.717) is 68.9 Å². The SMILES string of the molecule is Nc1ccc(OC(Cn2cc[n+](CC(=O)COc3ccc(Cl)cc3)c2)c2cccs2)c(N)c1.Nc1ccc(OC(Cn2cc[n+](CC(=O)COc3ccc(Cl)cc3)c2)c2cccs2)c(N)c1.O=C([O-])C(O)C(O)C(=O)[O-]. The number of halogens is 2. The minimum absolute atomic E-state index is 0.0167. The molecule has 4 heterocycles. The number of ether oxygens (including phenoxy) is 4. The standard InChI is InChI=1S/2C24H24ClN4O3S.C4H6O6/c2*25-17-3-6-20(7-4-17)31-15-19(30)13-28-9-10-29(16-28)14-23(24-2-1-11-33-24)32-22-8-5-18(26)12-21(22)27;5-1(3(7)8)2(6)4(9)10/h2*1-12,16,23H,13-15,26-27H2;1-2,5-6H,(H,7,8)(H,9,10)/q2*+1;/p-2. The first-order valence-corrected chi connectivity index (χ1v) is 25.3. The van der Waals surface area contributed by atoms with Crippen molar-refractivity contribution >= 4 is 92.1 Å². The van der Waals surface area contributed by atoms with Crippen LogP contribution in [0.1, 0.15) is 22.0 Å². The van der Waals surface area contributed by atoms with E-state index in [0.717, 1.165) is 9.75 Å². The largest absolute Gasteiger partial charge is 0.547 e. The molecule has 8 aromatic rings. The number of rotatable bonds is 23. The molecule has 4 unspecified atom stereocenters. The highest BCUT2D eigenvalue weighted by Gasteiger charge is 2.23. The van der Waals surface area contributed by atoms with Crippen molar-refractivity contribution in [1.82, 2.24) is 9.13 Å². The minimum atomic E-state index is -2.44. The number of nitrogens with zero attached hydrogens (tertiary/aromatic N) is 4. The normalized spacial score (nSPS) is 12.3. The van der Waals surface area contributed by atoms with Gasteiger partial charge in [-0.15, -0.1) is 22.7 Å². The molecule has 4 atom stereocenters. The van der Waals surface area contributed by atoms with Crippen LogP contribution in [0.25, 0.3) is 0 Å². The fourth-order valence-corrected chi connectivity index (χ4v) is 8.53. The summed E-state index contributed by atoms with van der Waals surface area (Å²) in [4.78, 5) is 46.1. The molecule has 0 aliphatic carbocycles. The lowest BCUT2D eigenvalue weighted by atomic mass is 10.2. The minimum Gasteiger partial charge on any atom is -0.547 e. The number of aliphatic hydroxyl groups is 2. The fourth-order valence-electron chi connectivity index (χ4n) is 6.78. The number of Topliss-reactive ketones (excluding diaryl/α,β-unsaturated/α-hetero) is 2. The van der Waals surface area contributed by atoms with Crippen molar-refractivity contribution in [3.05, 3.63) is 177 Å². The number of nitrogens with two attached hydrogens (primary N) is 4. The number of hydrogen-bond acceptors (Lipinski definition) is 18. The lowest BCUT2D eigenvalue weighted by Gasteiger charge is -2.18. The quantitative estimate of drug-likeness (QED) is 0.0395. The Morgan fingerprint density at radius 3 is 1.29 bits per heavy atom. The van der Waals surface area contributed by atoms with E-state index in [4.69, 9.17) is 75.3 Å². The van der Waals surface area contributed by atoms with Crippen molar-refractivity contribution < 1.29 is 67.7 Å². The Bertz CT molecular complexity index is 2930. The van der Waals surface area contributed by atoms with Crippen LogP contribution in [0.3, 0.4) is 0 Å². The molecule has 20 nitrogen and oxygen atoms in total. The van der Waals surface area contributed by atoms with Crippen molar-refractivity contribution in [2.45, 2.75) is 50.6 Å². The summed E-state index contributed by atoms with van der Waals surface area (Å²) in [5, 5.41) is 41.0. The number of carbonyl (C=O) groups excluding carboxylic acids is 4. The molecule has 8 rings (SSSR count). The molecule has 398 valence electrons. The zero-order chi connectivity index (χ0) is 54.7. The molecule has 76 heavy (non-hydrogen) atoms. The molecule has 4 aromatic heterocycles. The van der Waals surface area contributed by atoms with E-state index in [1.807, 2.05) is 90.7 Å². The van der Waals surface area contributed by atoms with Gasteiger partial charge < -0.3 is 71.9 Å². The van der Waals surface area contributed by atoms with E-state index in [2.05, 4.69) is 0 Å². The van der Waals surface area contributed by atoms with E-state index < -0.39 is 24.1 Å². The smallest absolute Gasteiger partial charge is 0.244 e. The van der Waals surface area contributed by atoms with Crippen LogP contribution in [0.15, 0.2) is 157 Å². The Balaban J connectivity index is 0.000000210. The number of aliphatic hydroxyl groups excluding tert-OH is 2. The lowest BCUT2D eigenvalue weighted by molar-refractivity contribution is -0.683. The van der Waals surface area contributed by atoms with Gasteiger partial charge in [-0.3, -0.25) is 9.59 Å². The number of aliphatic carboxylic acids is 2. The second-order valence-corrected chi connectivity index (χ2v) is 19.3. The van der Waals surface area contributed by atoms with Crippen LogP contribution in [0.4, 0.5) is 22.7 Å². The van der Waals surface area contributed by atoms with Gasteiger partial charge in [0.2, 0.25) is 24.2 Å². The molecule has 4 aromatic carbocycles. The van der Waals surface area contributed by atoms with E-state index in [9.17, 15) is 29.4 Å². The molecule has 0 radical (unpaired) electrons. The zero-order valence-electron chi connectivity index (χ0n) is 40.2. The number of carbonyl (C=O) groups is 4. The highest BCUT2D eigenvalue weighted by molar-refractivity contribution is 7.10. The summed E-state index contributed by atoms with van der Waals surface area (Å²) in [6, 6.07) is 32.3. The molecule has 0 bridgehead atoms. The van der Waals surface area contributed by atoms with Crippen molar-refractivity contribution in [2.24, 2.45) is 0 Å². The molecule has 0 spiro atoms. The van der Waals surface area contributed by atoms with Crippen LogP contribution >= 0.6 is 45.9 Å². The van der Waals surface area contributed by atoms with Gasteiger partial charge in [-0.25, -0.2) is 18.3 Å². The molecular weight excluding hydrogens is 1060 g/mol. The number of anilines is 4. The topological polar surface area (TPSA) is 313 Å². The molecule has 0 amide bonds. The van der Waals surface area contributed by atoms with Gasteiger partial charge in [0.25, 0.3) is 0 Å². The van der Waals surface area contributed by atoms with Gasteiger partial charge in [0, 0.05) is 31.2 Å². The van der Waals surface area contributed by atoms with Crippen LogP contribution in [0.5, 0.6) is 23.0 Å². The monoisotopic (exact) mass is 1110 g/mol. The summed E-state index contributed by atoms with van der Waals surface area (Å²) in [7, 11) is 0. The number of hydrogen-bond donors (Lipinski definition) is 6. The van der Waals surface area contributed by atoms with Gasteiger partial charge >= 0.3 is 0 Å². The summed E-state index contributed by atoms with van der Waals surface area (Å²) in [6.07, 6.45) is 5.88. The third-order valence-corrected chi connectivity index (χ3v) is 12.9. The van der Waals surface area contributed by atoms with E-state index in [1.54, 1.807) is 108 Å². The molecule has 0 fully saturated rings. The number of nitrogen functional groups attached to an aromatic ring is 4. The van der Waals surface area contributed by atoms with Crippen molar-refractivity contribution in [3.8, 4) is 23.0 Å². The number of imidazole rings is 2. The lowest BCUT2D eigenvalue weighted by Crippen LogP contribution is -2.51. The van der Waals surface area contributed by atoms with Crippen molar-refractivity contribution in [1.29, 1.82) is 0 Å². The average molecular weight is 1120 g/mol. The summed E-state index contributed by atoms with van der Waals surface area (Å²) >= 11 is 15.0. The van der Waals surface area contributed by atoms with Crippen LogP contribution in [0, 0.1) is 0 Å². The summed E-state index contributed by atoms with van der Waals surface area (Å²) in [5.41, 5.74) is 25.9. The number of benzene rings is 4. The zero-order valence-corrected chi connectivity index (χ0v) is 43.4. The van der Waals surface area contributed by atoms with Gasteiger partial charge in [0.1, 0.15) is 73.1 Å². The highest BCUT2D eigenvalue weighted by atomic mass is 35.5. The Labute approximate surface area is 453 Å². The maximum absolute atomic E-state index is 12.3. The average Bonchev–Trinajstić information content (AvgIpc) is 4.26. The predicted octanol–water partition coefficient (Wildman–Crippen LogP) is 3.45. The van der Waals surface area contributed by atoms with Crippen LogP contribution < -0.4 is 61.2 Å². The third kappa shape index (κ3) is 18.1. The van der Waals surface area contributed by atoms with Crippen LogP contribution in [-0.2, 0) is 45.4 Å².